The van der Waals surface area contributed by atoms with Crippen LogP contribution in [0.25, 0.3) is 0 Å². The van der Waals surface area contributed by atoms with Crippen LogP contribution in [0.4, 0.5) is 5.69 Å². The first-order valence-corrected chi connectivity index (χ1v) is 9.23. The summed E-state index contributed by atoms with van der Waals surface area (Å²) >= 11 is 0. The third kappa shape index (κ3) is 1.99. The molecule has 5 rings (SSSR count). The molecule has 4 atom stereocenters. The SMILES string of the molecule is Cc1cccc2c1[C@H]1C3CCC(C3)[C@H]1N2CCc1ccccc1. The first-order valence-electron chi connectivity index (χ1n) is 9.23. The van der Waals surface area contributed by atoms with E-state index in [1.165, 1.54) is 36.9 Å². The molecule has 0 amide bonds. The van der Waals surface area contributed by atoms with E-state index in [1.54, 1.807) is 11.3 Å². The second-order valence-corrected chi connectivity index (χ2v) is 7.79. The summed E-state index contributed by atoms with van der Waals surface area (Å²) in [5.74, 6) is 2.71. The van der Waals surface area contributed by atoms with Gasteiger partial charge in [-0.2, -0.15) is 0 Å². The van der Waals surface area contributed by atoms with E-state index in [1.807, 2.05) is 0 Å². The molecule has 1 nitrogen and oxygen atoms in total. The average molecular weight is 303 g/mol. The summed E-state index contributed by atoms with van der Waals surface area (Å²) in [7, 11) is 0. The van der Waals surface area contributed by atoms with Gasteiger partial charge in [0.05, 0.1) is 0 Å². The lowest BCUT2D eigenvalue weighted by Gasteiger charge is -2.33. The predicted molar refractivity (Wildman–Crippen MR) is 96.0 cm³/mol. The normalized spacial score (nSPS) is 30.6. The average Bonchev–Trinajstić information content (AvgIpc) is 3.26. The molecule has 23 heavy (non-hydrogen) atoms. The highest BCUT2D eigenvalue weighted by molar-refractivity contribution is 5.66. The number of rotatable bonds is 3. The maximum atomic E-state index is 2.78. The number of benzene rings is 2. The maximum Gasteiger partial charge on any atom is 0.0408 e. The van der Waals surface area contributed by atoms with Gasteiger partial charge >= 0.3 is 0 Å². The van der Waals surface area contributed by atoms with E-state index in [0.717, 1.165) is 30.2 Å². The van der Waals surface area contributed by atoms with Gasteiger partial charge in [-0.05, 0) is 67.2 Å². The van der Waals surface area contributed by atoms with Crippen LogP contribution in [0.2, 0.25) is 0 Å². The third-order valence-corrected chi connectivity index (χ3v) is 6.66. The molecular formula is C22H25N. The van der Waals surface area contributed by atoms with Crippen LogP contribution in [0.15, 0.2) is 48.5 Å². The fourth-order valence-corrected chi connectivity index (χ4v) is 5.79. The Morgan fingerprint density at radius 2 is 1.78 bits per heavy atom. The van der Waals surface area contributed by atoms with E-state index in [4.69, 9.17) is 0 Å². The Balaban J connectivity index is 1.50. The van der Waals surface area contributed by atoms with Gasteiger partial charge < -0.3 is 4.90 Å². The molecule has 118 valence electrons. The Morgan fingerprint density at radius 3 is 2.65 bits per heavy atom. The zero-order valence-electron chi connectivity index (χ0n) is 13.9. The first-order chi connectivity index (χ1) is 11.3. The van der Waals surface area contributed by atoms with E-state index in [-0.39, 0.29) is 0 Å². The molecule has 1 aliphatic heterocycles. The van der Waals surface area contributed by atoms with Gasteiger partial charge in [-0.1, -0.05) is 42.5 Å². The van der Waals surface area contributed by atoms with Crippen molar-refractivity contribution in [2.45, 2.75) is 44.6 Å². The lowest BCUT2D eigenvalue weighted by Crippen LogP contribution is -2.39. The summed E-state index contributed by atoms with van der Waals surface area (Å²) in [6, 6.07) is 18.7. The minimum absolute atomic E-state index is 0.786. The minimum atomic E-state index is 0.786. The highest BCUT2D eigenvalue weighted by atomic mass is 15.2. The van der Waals surface area contributed by atoms with Gasteiger partial charge in [-0.3, -0.25) is 0 Å². The van der Waals surface area contributed by atoms with Crippen LogP contribution in [0.3, 0.4) is 0 Å². The summed E-state index contributed by atoms with van der Waals surface area (Å²) < 4.78 is 0. The Morgan fingerprint density at radius 1 is 0.957 bits per heavy atom. The number of hydrogen-bond donors (Lipinski definition) is 0. The summed E-state index contributed by atoms with van der Waals surface area (Å²) in [6.07, 6.45) is 5.56. The second-order valence-electron chi connectivity index (χ2n) is 7.79. The minimum Gasteiger partial charge on any atom is -0.367 e. The largest absolute Gasteiger partial charge is 0.367 e. The molecule has 2 unspecified atom stereocenters. The van der Waals surface area contributed by atoms with Crippen molar-refractivity contribution in [1.82, 2.24) is 0 Å². The van der Waals surface area contributed by atoms with Crippen molar-refractivity contribution in [3.05, 3.63) is 65.2 Å². The van der Waals surface area contributed by atoms with Crippen molar-refractivity contribution in [2.75, 3.05) is 11.4 Å². The topological polar surface area (TPSA) is 3.24 Å². The Hall–Kier alpha value is -1.76. The molecule has 1 heteroatoms. The Labute approximate surface area is 139 Å². The fourth-order valence-electron chi connectivity index (χ4n) is 5.79. The van der Waals surface area contributed by atoms with Gasteiger partial charge in [0.1, 0.15) is 0 Å². The molecule has 0 aromatic heterocycles. The smallest absolute Gasteiger partial charge is 0.0408 e. The summed E-state index contributed by atoms with van der Waals surface area (Å²) in [5, 5.41) is 0. The van der Waals surface area contributed by atoms with Crippen molar-refractivity contribution in [3.63, 3.8) is 0 Å². The first kappa shape index (κ1) is 13.7. The van der Waals surface area contributed by atoms with Crippen LogP contribution in [-0.4, -0.2) is 12.6 Å². The summed E-state index contributed by atoms with van der Waals surface area (Å²) in [5.41, 5.74) is 6.23. The van der Waals surface area contributed by atoms with Crippen molar-refractivity contribution in [2.24, 2.45) is 11.8 Å². The lowest BCUT2D eigenvalue weighted by molar-refractivity contribution is 0.367. The monoisotopic (exact) mass is 303 g/mol. The molecule has 3 aliphatic rings. The number of aryl methyl sites for hydroxylation is 1. The van der Waals surface area contributed by atoms with Gasteiger partial charge in [0.15, 0.2) is 0 Å². The number of fused-ring (bicyclic) bond motifs is 7. The van der Waals surface area contributed by atoms with Crippen LogP contribution in [-0.2, 0) is 6.42 Å². The molecule has 0 saturated heterocycles. The number of anilines is 1. The molecular weight excluding hydrogens is 278 g/mol. The standard InChI is InChI=1S/C22H25N/c1-15-6-5-9-19-20(15)21-17-10-11-18(14-17)22(21)23(19)13-12-16-7-3-2-4-8-16/h2-9,17-18,21-22H,10-14H2,1H3/t17?,18?,21-,22-/m1/s1. The van der Waals surface area contributed by atoms with Gasteiger partial charge in [0, 0.05) is 24.2 Å². The van der Waals surface area contributed by atoms with Crippen LogP contribution in [0, 0.1) is 18.8 Å². The molecule has 2 aromatic rings. The van der Waals surface area contributed by atoms with Crippen LogP contribution < -0.4 is 4.90 Å². The highest BCUT2D eigenvalue weighted by Gasteiger charge is 2.55. The maximum absolute atomic E-state index is 2.78. The third-order valence-electron chi connectivity index (χ3n) is 6.66. The van der Waals surface area contributed by atoms with E-state index in [0.29, 0.717) is 0 Å². The van der Waals surface area contributed by atoms with Gasteiger partial charge in [-0.15, -0.1) is 0 Å². The summed E-state index contributed by atoms with van der Waals surface area (Å²) in [4.78, 5) is 2.78. The quantitative estimate of drug-likeness (QED) is 0.776. The zero-order chi connectivity index (χ0) is 15.4. The van der Waals surface area contributed by atoms with E-state index >= 15 is 0 Å². The molecule has 2 saturated carbocycles. The molecule has 2 aliphatic carbocycles. The van der Waals surface area contributed by atoms with Gasteiger partial charge in [0.25, 0.3) is 0 Å². The van der Waals surface area contributed by atoms with E-state index in [2.05, 4.69) is 60.4 Å². The fraction of sp³-hybridized carbons (Fsp3) is 0.455. The molecule has 2 aromatic carbocycles. The molecule has 0 radical (unpaired) electrons. The second kappa shape index (κ2) is 5.12. The van der Waals surface area contributed by atoms with Crippen molar-refractivity contribution < 1.29 is 0 Å². The molecule has 0 N–H and O–H groups in total. The van der Waals surface area contributed by atoms with Gasteiger partial charge in [-0.25, -0.2) is 0 Å². The Bertz CT molecular complexity index is 720. The van der Waals surface area contributed by atoms with Crippen molar-refractivity contribution in [3.8, 4) is 0 Å². The molecule has 2 bridgehead atoms. The van der Waals surface area contributed by atoms with Gasteiger partial charge in [0.2, 0.25) is 0 Å². The zero-order valence-corrected chi connectivity index (χ0v) is 13.9. The van der Waals surface area contributed by atoms with Crippen LogP contribution in [0.5, 0.6) is 0 Å². The predicted octanol–water partition coefficient (Wildman–Crippen LogP) is 4.94. The van der Waals surface area contributed by atoms with Crippen molar-refractivity contribution >= 4 is 5.69 Å². The number of hydrogen-bond acceptors (Lipinski definition) is 1. The summed E-state index contributed by atoms with van der Waals surface area (Å²) in [6.45, 7) is 3.49. The van der Waals surface area contributed by atoms with E-state index in [9.17, 15) is 0 Å². The van der Waals surface area contributed by atoms with Crippen LogP contribution in [0.1, 0.15) is 41.9 Å². The van der Waals surface area contributed by atoms with Crippen molar-refractivity contribution in [1.29, 1.82) is 0 Å². The van der Waals surface area contributed by atoms with Crippen LogP contribution >= 0.6 is 0 Å². The molecule has 0 spiro atoms. The highest BCUT2D eigenvalue weighted by Crippen LogP contribution is 2.61. The lowest BCUT2D eigenvalue weighted by atomic mass is 9.81. The Kier molecular flexibility index (Phi) is 3.04. The molecule has 1 heterocycles. The van der Waals surface area contributed by atoms with E-state index < -0.39 is 0 Å². The number of nitrogens with zero attached hydrogens (tertiary/aromatic N) is 1. The molecule has 2 fully saturated rings.